The van der Waals surface area contributed by atoms with Crippen LogP contribution in [0.3, 0.4) is 0 Å². The number of benzene rings is 2. The van der Waals surface area contributed by atoms with E-state index in [1.165, 1.54) is 18.9 Å². The number of esters is 1. The van der Waals surface area contributed by atoms with Crippen molar-refractivity contribution in [1.29, 1.82) is 0 Å². The van der Waals surface area contributed by atoms with E-state index in [-0.39, 0.29) is 5.91 Å². The smallest absolute Gasteiger partial charge is 0.338 e. The highest BCUT2D eigenvalue weighted by Gasteiger charge is 2.41. The van der Waals surface area contributed by atoms with Crippen molar-refractivity contribution in [3.8, 4) is 11.5 Å². The maximum Gasteiger partial charge on any atom is 0.338 e. The van der Waals surface area contributed by atoms with Crippen LogP contribution in [0.25, 0.3) is 0 Å². The molecule has 0 saturated carbocycles. The van der Waals surface area contributed by atoms with Crippen LogP contribution in [-0.4, -0.2) is 41.9 Å². The molecule has 166 valence electrons. The van der Waals surface area contributed by atoms with Crippen LogP contribution in [0, 0.1) is 0 Å². The van der Waals surface area contributed by atoms with Crippen molar-refractivity contribution >= 4 is 28.8 Å². The normalized spacial score (nSPS) is 18.1. The van der Waals surface area contributed by atoms with Crippen LogP contribution >= 0.6 is 11.8 Å². The van der Waals surface area contributed by atoms with Crippen molar-refractivity contribution in [2.24, 2.45) is 4.99 Å². The molecular formula is C24H24N2O5S. The first-order valence-electron chi connectivity index (χ1n) is 10.2. The van der Waals surface area contributed by atoms with Gasteiger partial charge in [0.1, 0.15) is 6.61 Å². The summed E-state index contributed by atoms with van der Waals surface area (Å²) < 4.78 is 16.6. The predicted octanol–water partition coefficient (Wildman–Crippen LogP) is 4.10. The van der Waals surface area contributed by atoms with E-state index in [1.807, 2.05) is 36.4 Å². The fourth-order valence-electron chi connectivity index (χ4n) is 3.79. The second-order valence-corrected chi connectivity index (χ2v) is 8.40. The average molecular weight is 453 g/mol. The van der Waals surface area contributed by atoms with Crippen LogP contribution in [0.15, 0.2) is 64.8 Å². The Bertz CT molecular complexity index is 1100. The van der Waals surface area contributed by atoms with Crippen molar-refractivity contribution in [1.82, 2.24) is 4.90 Å². The molecule has 0 radical (unpaired) electrons. The van der Waals surface area contributed by atoms with Gasteiger partial charge in [0, 0.05) is 12.2 Å². The van der Waals surface area contributed by atoms with E-state index in [4.69, 9.17) is 14.2 Å². The van der Waals surface area contributed by atoms with Crippen LogP contribution in [0.4, 0.5) is 0 Å². The van der Waals surface area contributed by atoms with Gasteiger partial charge in [-0.2, -0.15) is 0 Å². The fraction of sp³-hybridized carbons (Fsp3) is 0.292. The van der Waals surface area contributed by atoms with Gasteiger partial charge < -0.3 is 14.2 Å². The second-order valence-electron chi connectivity index (χ2n) is 7.33. The lowest BCUT2D eigenvalue weighted by Crippen LogP contribution is -2.45. The molecule has 8 heteroatoms. The van der Waals surface area contributed by atoms with E-state index in [0.717, 1.165) is 11.1 Å². The number of aliphatic imine (C=N–C) groups is 1. The Morgan fingerprint density at radius 3 is 2.66 bits per heavy atom. The molecule has 2 aromatic carbocycles. The van der Waals surface area contributed by atoms with Gasteiger partial charge in [0.25, 0.3) is 0 Å². The minimum Gasteiger partial charge on any atom is -0.493 e. The van der Waals surface area contributed by atoms with Crippen LogP contribution in [0.5, 0.6) is 11.5 Å². The zero-order chi connectivity index (χ0) is 22.7. The standard InChI is InChI=1S/C24H24N2O5S/c1-15-21(23(28)30-3)22(26-20(27)11-12-32-24(26)25-15)17-9-10-18(19(13-17)29-2)31-14-16-7-5-4-6-8-16/h4-10,13,22H,11-12,14H2,1-3H3/t22-/m1/s1. The highest BCUT2D eigenvalue weighted by Crippen LogP contribution is 2.42. The minimum absolute atomic E-state index is 0.0789. The summed E-state index contributed by atoms with van der Waals surface area (Å²) in [5, 5.41) is 0.597. The minimum atomic E-state index is -0.646. The van der Waals surface area contributed by atoms with Gasteiger partial charge in [0.2, 0.25) is 5.91 Å². The SMILES string of the molecule is COC(=O)C1=C(C)N=C2SCCC(=O)N2[C@@H]1c1ccc(OCc2ccccc2)c(OC)c1. The quantitative estimate of drug-likeness (QED) is 0.614. The molecule has 1 atom stereocenters. The predicted molar refractivity (Wildman–Crippen MR) is 123 cm³/mol. The molecule has 4 rings (SSSR count). The molecule has 1 fully saturated rings. The van der Waals surface area contributed by atoms with Crippen molar-refractivity contribution < 1.29 is 23.8 Å². The zero-order valence-corrected chi connectivity index (χ0v) is 19.0. The van der Waals surface area contributed by atoms with Gasteiger partial charge in [0.15, 0.2) is 16.7 Å². The largest absolute Gasteiger partial charge is 0.493 e. The summed E-state index contributed by atoms with van der Waals surface area (Å²) in [4.78, 5) is 31.6. The number of methoxy groups -OCH3 is 2. The van der Waals surface area contributed by atoms with Crippen LogP contribution in [-0.2, 0) is 20.9 Å². The lowest BCUT2D eigenvalue weighted by atomic mass is 9.94. The average Bonchev–Trinajstić information content (AvgIpc) is 2.82. The first kappa shape index (κ1) is 22.0. The molecule has 0 unspecified atom stereocenters. The number of hydrogen-bond acceptors (Lipinski definition) is 7. The number of rotatable bonds is 6. The summed E-state index contributed by atoms with van der Waals surface area (Å²) in [5.41, 5.74) is 2.64. The van der Waals surface area contributed by atoms with E-state index in [0.29, 0.717) is 46.7 Å². The number of ether oxygens (including phenoxy) is 3. The van der Waals surface area contributed by atoms with E-state index in [9.17, 15) is 9.59 Å². The number of allylic oxidation sites excluding steroid dienone is 1. The summed E-state index contributed by atoms with van der Waals surface area (Å²) in [6, 6.07) is 14.6. The lowest BCUT2D eigenvalue weighted by Gasteiger charge is -2.38. The molecule has 2 heterocycles. The first-order valence-corrected chi connectivity index (χ1v) is 11.2. The lowest BCUT2D eigenvalue weighted by molar-refractivity contribution is -0.137. The number of carbonyl (C=O) groups excluding carboxylic acids is 2. The highest BCUT2D eigenvalue weighted by atomic mass is 32.2. The topological polar surface area (TPSA) is 77.4 Å². The number of nitrogens with zero attached hydrogens (tertiary/aromatic N) is 2. The molecule has 0 spiro atoms. The van der Waals surface area contributed by atoms with Gasteiger partial charge in [-0.1, -0.05) is 48.2 Å². The van der Waals surface area contributed by atoms with Crippen molar-refractivity contribution in [2.75, 3.05) is 20.0 Å². The third-order valence-electron chi connectivity index (χ3n) is 5.35. The Hall–Kier alpha value is -3.26. The van der Waals surface area contributed by atoms with Gasteiger partial charge >= 0.3 is 5.97 Å². The molecule has 0 bridgehead atoms. The number of fused-ring (bicyclic) bond motifs is 1. The first-order chi connectivity index (χ1) is 15.5. The van der Waals surface area contributed by atoms with Gasteiger partial charge in [-0.3, -0.25) is 9.69 Å². The van der Waals surface area contributed by atoms with Crippen LogP contribution in [0.1, 0.15) is 30.5 Å². The summed E-state index contributed by atoms with van der Waals surface area (Å²) in [5.74, 6) is 1.16. The molecule has 0 N–H and O–H groups in total. The summed E-state index contributed by atoms with van der Waals surface area (Å²) >= 11 is 1.51. The molecule has 2 aromatic rings. The molecule has 2 aliphatic rings. The van der Waals surface area contributed by atoms with Crippen molar-refractivity contribution in [2.45, 2.75) is 26.0 Å². The van der Waals surface area contributed by atoms with Crippen LogP contribution in [0.2, 0.25) is 0 Å². The number of amides is 1. The van der Waals surface area contributed by atoms with Gasteiger partial charge in [-0.25, -0.2) is 9.79 Å². The Balaban J connectivity index is 1.71. The van der Waals surface area contributed by atoms with E-state index in [1.54, 1.807) is 31.1 Å². The molecule has 32 heavy (non-hydrogen) atoms. The fourth-order valence-corrected chi connectivity index (χ4v) is 4.80. The monoisotopic (exact) mass is 452 g/mol. The Morgan fingerprint density at radius 2 is 1.94 bits per heavy atom. The van der Waals surface area contributed by atoms with Crippen molar-refractivity contribution in [3.63, 3.8) is 0 Å². The van der Waals surface area contributed by atoms with Crippen molar-refractivity contribution in [3.05, 3.63) is 70.9 Å². The highest BCUT2D eigenvalue weighted by molar-refractivity contribution is 8.14. The molecule has 1 saturated heterocycles. The second kappa shape index (κ2) is 9.48. The molecule has 0 aromatic heterocycles. The maximum atomic E-state index is 12.9. The molecule has 0 aliphatic carbocycles. The van der Waals surface area contributed by atoms with E-state index >= 15 is 0 Å². The van der Waals surface area contributed by atoms with Crippen LogP contribution < -0.4 is 9.47 Å². The number of hydrogen-bond donors (Lipinski definition) is 0. The van der Waals surface area contributed by atoms with E-state index < -0.39 is 12.0 Å². The molecule has 1 amide bonds. The summed E-state index contributed by atoms with van der Waals surface area (Å²) in [6.45, 7) is 2.16. The molecule has 7 nitrogen and oxygen atoms in total. The molecular weight excluding hydrogens is 428 g/mol. The number of amidine groups is 1. The zero-order valence-electron chi connectivity index (χ0n) is 18.2. The number of carbonyl (C=O) groups is 2. The Morgan fingerprint density at radius 1 is 1.16 bits per heavy atom. The molecule has 2 aliphatic heterocycles. The summed E-state index contributed by atoms with van der Waals surface area (Å²) in [6.07, 6.45) is 0.378. The van der Waals surface area contributed by atoms with Gasteiger partial charge in [0.05, 0.1) is 31.5 Å². The Kier molecular flexibility index (Phi) is 6.50. The third-order valence-corrected chi connectivity index (χ3v) is 6.31. The number of thioether (sulfide) groups is 1. The van der Waals surface area contributed by atoms with Gasteiger partial charge in [-0.05, 0) is 30.2 Å². The third kappa shape index (κ3) is 4.23. The van der Waals surface area contributed by atoms with Gasteiger partial charge in [-0.15, -0.1) is 0 Å². The maximum absolute atomic E-state index is 12.9. The summed E-state index contributed by atoms with van der Waals surface area (Å²) in [7, 11) is 2.89. The Labute approximate surface area is 191 Å². The van der Waals surface area contributed by atoms with E-state index in [2.05, 4.69) is 4.99 Å².